The van der Waals surface area contributed by atoms with Crippen molar-refractivity contribution < 1.29 is 14.3 Å². The predicted molar refractivity (Wildman–Crippen MR) is 74.3 cm³/mol. The third-order valence-corrected chi connectivity index (χ3v) is 4.49. The number of thioether (sulfide) groups is 1. The van der Waals surface area contributed by atoms with Crippen molar-refractivity contribution in [2.24, 2.45) is 0 Å². The van der Waals surface area contributed by atoms with Gasteiger partial charge in [0.25, 0.3) is 0 Å². The third kappa shape index (κ3) is 3.19. The summed E-state index contributed by atoms with van der Waals surface area (Å²) >= 11 is 1.57. The van der Waals surface area contributed by atoms with E-state index in [2.05, 4.69) is 4.98 Å². The Labute approximate surface area is 116 Å². The zero-order valence-corrected chi connectivity index (χ0v) is 11.9. The van der Waals surface area contributed by atoms with Crippen molar-refractivity contribution >= 4 is 23.4 Å². The van der Waals surface area contributed by atoms with Crippen molar-refractivity contribution in [1.82, 2.24) is 4.98 Å². The molecule has 5 nitrogen and oxygen atoms in total. The highest BCUT2D eigenvalue weighted by Gasteiger charge is 2.27. The maximum absolute atomic E-state index is 11.8. The van der Waals surface area contributed by atoms with Gasteiger partial charge in [-0.3, -0.25) is 0 Å². The Morgan fingerprint density at radius 2 is 2.47 bits per heavy atom. The number of nitrogen functional groups attached to an aromatic ring is 1. The van der Waals surface area contributed by atoms with Crippen LogP contribution in [0.5, 0.6) is 0 Å². The Hall–Kier alpha value is -1.27. The van der Waals surface area contributed by atoms with Crippen molar-refractivity contribution in [1.29, 1.82) is 0 Å². The number of hydrogen-bond acceptors (Lipinski definition) is 6. The highest BCUT2D eigenvalue weighted by atomic mass is 32.2. The summed E-state index contributed by atoms with van der Waals surface area (Å²) in [4.78, 5) is 16.0. The van der Waals surface area contributed by atoms with Gasteiger partial charge in [-0.15, -0.1) is 0 Å². The summed E-state index contributed by atoms with van der Waals surface area (Å²) < 4.78 is 10.5. The maximum Gasteiger partial charge on any atom is 0.340 e. The molecule has 0 saturated carbocycles. The Kier molecular flexibility index (Phi) is 4.66. The van der Waals surface area contributed by atoms with Gasteiger partial charge in [0, 0.05) is 18.1 Å². The first-order chi connectivity index (χ1) is 9.13. The fourth-order valence-electron chi connectivity index (χ4n) is 1.95. The fourth-order valence-corrected chi connectivity index (χ4v) is 3.07. The van der Waals surface area contributed by atoms with Crippen LogP contribution in [0.4, 0.5) is 5.69 Å². The summed E-state index contributed by atoms with van der Waals surface area (Å²) in [6, 6.07) is 1.59. The van der Waals surface area contributed by atoms with E-state index in [9.17, 15) is 4.79 Å². The van der Waals surface area contributed by atoms with Crippen LogP contribution in [0.25, 0.3) is 0 Å². The lowest BCUT2D eigenvalue weighted by Gasteiger charge is -2.15. The lowest BCUT2D eigenvalue weighted by atomic mass is 10.2. The zero-order chi connectivity index (χ0) is 13.8. The number of nitrogens with zero attached hydrogens (tertiary/aromatic N) is 1. The van der Waals surface area contributed by atoms with Crippen LogP contribution in [0.2, 0.25) is 0 Å². The van der Waals surface area contributed by atoms with E-state index in [1.54, 1.807) is 30.9 Å². The molecule has 1 aromatic heterocycles. The zero-order valence-electron chi connectivity index (χ0n) is 11.1. The van der Waals surface area contributed by atoms with Crippen LogP contribution in [0.15, 0.2) is 17.3 Å². The maximum atomic E-state index is 11.8. The molecule has 0 radical (unpaired) electrons. The summed E-state index contributed by atoms with van der Waals surface area (Å²) in [7, 11) is 0. The number of nitrogens with two attached hydrogens (primary N) is 1. The van der Waals surface area contributed by atoms with E-state index in [1.165, 1.54) is 0 Å². The minimum atomic E-state index is -0.403. The van der Waals surface area contributed by atoms with Crippen LogP contribution < -0.4 is 5.73 Å². The van der Waals surface area contributed by atoms with Crippen LogP contribution in [0.1, 0.15) is 30.6 Å². The van der Waals surface area contributed by atoms with E-state index in [-0.39, 0.29) is 6.10 Å². The number of esters is 1. The van der Waals surface area contributed by atoms with Crippen molar-refractivity contribution in [3.8, 4) is 0 Å². The van der Waals surface area contributed by atoms with Crippen molar-refractivity contribution in [2.45, 2.75) is 36.6 Å². The second-order valence-electron chi connectivity index (χ2n) is 4.32. The topological polar surface area (TPSA) is 74.4 Å². The molecule has 2 heterocycles. The number of aromatic nitrogens is 1. The minimum Gasteiger partial charge on any atom is -0.462 e. The van der Waals surface area contributed by atoms with E-state index in [0.29, 0.717) is 28.1 Å². The number of pyridine rings is 1. The monoisotopic (exact) mass is 282 g/mol. The molecule has 0 spiro atoms. The standard InChI is InChI=1S/C13H18N2O3S/c1-3-17-13(16)9-4-6-15-12(11(9)14)19-10-5-7-18-8(10)2/h4,6,8,10H,3,5,7,14H2,1-2H3. The molecular weight excluding hydrogens is 264 g/mol. The normalized spacial score (nSPS) is 22.4. The lowest BCUT2D eigenvalue weighted by molar-refractivity contribution is 0.0527. The molecule has 0 aromatic carbocycles. The SMILES string of the molecule is CCOC(=O)c1ccnc(SC2CCOC2C)c1N. The van der Waals surface area contributed by atoms with E-state index in [1.807, 2.05) is 6.92 Å². The Bertz CT molecular complexity index is 467. The van der Waals surface area contributed by atoms with Gasteiger partial charge in [-0.2, -0.15) is 0 Å². The quantitative estimate of drug-likeness (QED) is 0.853. The number of carbonyl (C=O) groups is 1. The summed E-state index contributed by atoms with van der Waals surface area (Å²) in [6.07, 6.45) is 2.74. The summed E-state index contributed by atoms with van der Waals surface area (Å²) in [6.45, 7) is 4.89. The van der Waals surface area contributed by atoms with Gasteiger partial charge in [0.2, 0.25) is 0 Å². The van der Waals surface area contributed by atoms with Crippen molar-refractivity contribution in [3.05, 3.63) is 17.8 Å². The number of ether oxygens (including phenoxy) is 2. The highest BCUT2D eigenvalue weighted by molar-refractivity contribution is 8.00. The fraction of sp³-hybridized carbons (Fsp3) is 0.538. The average Bonchev–Trinajstić information content (AvgIpc) is 2.78. The Morgan fingerprint density at radius 1 is 1.68 bits per heavy atom. The molecule has 2 rings (SSSR count). The molecule has 1 aromatic rings. The van der Waals surface area contributed by atoms with Gasteiger partial charge in [0.15, 0.2) is 0 Å². The average molecular weight is 282 g/mol. The van der Waals surface area contributed by atoms with Crippen LogP contribution >= 0.6 is 11.8 Å². The summed E-state index contributed by atoms with van der Waals surface area (Å²) in [5.41, 5.74) is 6.79. The molecule has 1 fully saturated rings. The molecule has 0 amide bonds. The summed E-state index contributed by atoms with van der Waals surface area (Å²) in [5.74, 6) is -0.403. The smallest absolute Gasteiger partial charge is 0.340 e. The van der Waals surface area contributed by atoms with Gasteiger partial charge in [-0.05, 0) is 26.3 Å². The Balaban J connectivity index is 2.17. The molecule has 0 aliphatic carbocycles. The second kappa shape index (κ2) is 6.25. The molecule has 2 unspecified atom stereocenters. The number of carbonyl (C=O) groups excluding carboxylic acids is 1. The van der Waals surface area contributed by atoms with Gasteiger partial charge in [-0.25, -0.2) is 9.78 Å². The van der Waals surface area contributed by atoms with Gasteiger partial charge in [0.1, 0.15) is 5.03 Å². The van der Waals surface area contributed by atoms with Crippen molar-refractivity contribution in [3.63, 3.8) is 0 Å². The van der Waals surface area contributed by atoms with Crippen LogP contribution in [-0.2, 0) is 9.47 Å². The Morgan fingerprint density at radius 3 is 3.11 bits per heavy atom. The molecule has 1 aliphatic rings. The van der Waals surface area contributed by atoms with Gasteiger partial charge in [-0.1, -0.05) is 11.8 Å². The van der Waals surface area contributed by atoms with Crippen LogP contribution in [0, 0.1) is 0 Å². The number of anilines is 1. The van der Waals surface area contributed by atoms with Crippen LogP contribution in [0.3, 0.4) is 0 Å². The number of hydrogen-bond donors (Lipinski definition) is 1. The van der Waals surface area contributed by atoms with Gasteiger partial charge < -0.3 is 15.2 Å². The van der Waals surface area contributed by atoms with Gasteiger partial charge >= 0.3 is 5.97 Å². The van der Waals surface area contributed by atoms with Crippen LogP contribution in [-0.4, -0.2) is 35.5 Å². The molecule has 0 bridgehead atoms. The molecule has 2 atom stereocenters. The summed E-state index contributed by atoms with van der Waals surface area (Å²) in [5, 5.41) is 1.00. The molecule has 104 valence electrons. The molecule has 1 aliphatic heterocycles. The first-order valence-corrected chi connectivity index (χ1v) is 7.21. The first-order valence-electron chi connectivity index (χ1n) is 6.33. The second-order valence-corrected chi connectivity index (χ2v) is 5.55. The molecule has 6 heteroatoms. The van der Waals surface area contributed by atoms with E-state index in [4.69, 9.17) is 15.2 Å². The van der Waals surface area contributed by atoms with E-state index in [0.717, 1.165) is 13.0 Å². The minimum absolute atomic E-state index is 0.178. The molecule has 2 N–H and O–H groups in total. The lowest BCUT2D eigenvalue weighted by Crippen LogP contribution is -2.15. The van der Waals surface area contributed by atoms with E-state index < -0.39 is 5.97 Å². The molecule has 1 saturated heterocycles. The predicted octanol–water partition coefficient (Wildman–Crippen LogP) is 2.11. The number of rotatable bonds is 4. The first kappa shape index (κ1) is 14.1. The van der Waals surface area contributed by atoms with E-state index >= 15 is 0 Å². The van der Waals surface area contributed by atoms with Gasteiger partial charge in [0.05, 0.1) is 24.0 Å². The highest BCUT2D eigenvalue weighted by Crippen LogP contribution is 2.35. The third-order valence-electron chi connectivity index (χ3n) is 3.02. The van der Waals surface area contributed by atoms with Crippen molar-refractivity contribution in [2.75, 3.05) is 18.9 Å². The largest absolute Gasteiger partial charge is 0.462 e. The molecule has 19 heavy (non-hydrogen) atoms. The molecular formula is C13H18N2O3S.